The van der Waals surface area contributed by atoms with E-state index < -0.39 is 23.9 Å². The molecule has 1 aliphatic rings. The fraction of sp³-hybridized carbons (Fsp3) is 0.130. The fourth-order valence-electron chi connectivity index (χ4n) is 3.90. The Hall–Kier alpha value is -4.41. The van der Waals surface area contributed by atoms with Gasteiger partial charge in [-0.3, -0.25) is 9.59 Å². The van der Waals surface area contributed by atoms with E-state index in [0.717, 1.165) is 17.0 Å². The van der Waals surface area contributed by atoms with E-state index >= 15 is 0 Å². The number of carbonyl (C=O) groups is 2. The van der Waals surface area contributed by atoms with Gasteiger partial charge in [0.2, 0.25) is 0 Å². The molecule has 0 atom stereocenters. The maximum absolute atomic E-state index is 13.3. The van der Waals surface area contributed by atoms with Crippen molar-refractivity contribution in [2.24, 2.45) is 0 Å². The van der Waals surface area contributed by atoms with Gasteiger partial charge in [-0.15, -0.1) is 13.2 Å². The van der Waals surface area contributed by atoms with Crippen molar-refractivity contribution in [3.05, 3.63) is 71.5 Å². The van der Waals surface area contributed by atoms with Crippen molar-refractivity contribution in [1.82, 2.24) is 14.8 Å². The Kier molecular flexibility index (Phi) is 4.78. The van der Waals surface area contributed by atoms with Crippen molar-refractivity contribution in [3.8, 4) is 17.2 Å². The van der Waals surface area contributed by atoms with Gasteiger partial charge in [0.15, 0.2) is 5.65 Å². The molecule has 2 aromatic carbocycles. The molecule has 3 heterocycles. The summed E-state index contributed by atoms with van der Waals surface area (Å²) < 4.78 is 47.9. The quantitative estimate of drug-likeness (QED) is 0.412. The number of fused-ring (bicyclic) bond motifs is 3. The lowest BCUT2D eigenvalue weighted by Gasteiger charge is -2.15. The van der Waals surface area contributed by atoms with E-state index in [1.165, 1.54) is 18.3 Å². The van der Waals surface area contributed by atoms with Crippen LogP contribution in [0.5, 0.6) is 11.5 Å². The first kappa shape index (κ1) is 21.4. The molecule has 0 unspecified atom stereocenters. The number of anilines is 1. The molecule has 34 heavy (non-hydrogen) atoms. The molecule has 0 bridgehead atoms. The third kappa shape index (κ3) is 3.41. The summed E-state index contributed by atoms with van der Waals surface area (Å²) in [6.07, 6.45) is -3.55. The Morgan fingerprint density at radius 1 is 0.882 bits per heavy atom. The number of amides is 2. The Morgan fingerprint density at radius 3 is 2.12 bits per heavy atom. The predicted octanol–water partition coefficient (Wildman–Crippen LogP) is 4.44. The van der Waals surface area contributed by atoms with Crippen molar-refractivity contribution in [2.75, 3.05) is 12.0 Å². The maximum Gasteiger partial charge on any atom is 0.573 e. The Labute approximate surface area is 190 Å². The van der Waals surface area contributed by atoms with Gasteiger partial charge in [0.25, 0.3) is 11.8 Å². The van der Waals surface area contributed by atoms with Crippen LogP contribution in [0.25, 0.3) is 16.7 Å². The van der Waals surface area contributed by atoms with Gasteiger partial charge in [-0.2, -0.15) is 5.10 Å². The van der Waals surface area contributed by atoms with Crippen LogP contribution in [0.1, 0.15) is 26.4 Å². The molecule has 2 aromatic heterocycles. The van der Waals surface area contributed by atoms with Crippen LogP contribution in [0.4, 0.5) is 18.9 Å². The Morgan fingerprint density at radius 2 is 1.50 bits per heavy atom. The predicted molar refractivity (Wildman–Crippen MR) is 114 cm³/mol. The number of carbonyl (C=O) groups excluding carboxylic acids is 2. The van der Waals surface area contributed by atoms with Gasteiger partial charge in [-0.25, -0.2) is 14.6 Å². The SMILES string of the molecule is COc1ccc(-n2nc(C)c3c4c(cnc32)C(=O)N(c2ccc(OC(F)(F)F)cc2)C4=O)cc1. The third-order valence-electron chi connectivity index (χ3n) is 5.37. The number of aromatic nitrogens is 3. The van der Waals surface area contributed by atoms with Crippen LogP contribution in [0.3, 0.4) is 0 Å². The summed E-state index contributed by atoms with van der Waals surface area (Å²) in [5.74, 6) is -1.05. The van der Waals surface area contributed by atoms with Crippen molar-refractivity contribution >= 4 is 28.5 Å². The van der Waals surface area contributed by atoms with E-state index in [2.05, 4.69) is 14.8 Å². The van der Waals surface area contributed by atoms with Crippen molar-refractivity contribution < 1.29 is 32.2 Å². The molecule has 2 amide bonds. The first-order valence-corrected chi connectivity index (χ1v) is 9.95. The van der Waals surface area contributed by atoms with E-state index in [0.29, 0.717) is 28.2 Å². The lowest BCUT2D eigenvalue weighted by molar-refractivity contribution is -0.274. The monoisotopic (exact) mass is 468 g/mol. The summed E-state index contributed by atoms with van der Waals surface area (Å²) in [5, 5.41) is 4.93. The van der Waals surface area contributed by atoms with Crippen molar-refractivity contribution in [1.29, 1.82) is 0 Å². The summed E-state index contributed by atoms with van der Waals surface area (Å²) in [6, 6.07) is 11.6. The molecule has 0 N–H and O–H groups in total. The number of hydrogen-bond acceptors (Lipinski definition) is 6. The highest BCUT2D eigenvalue weighted by molar-refractivity contribution is 6.37. The maximum atomic E-state index is 13.3. The number of aryl methyl sites for hydroxylation is 1. The molecular formula is C23H15F3N4O4. The van der Waals surface area contributed by atoms with Gasteiger partial charge in [-0.05, 0) is 55.5 Å². The lowest BCUT2D eigenvalue weighted by Crippen LogP contribution is -2.29. The van der Waals surface area contributed by atoms with Crippen LogP contribution >= 0.6 is 0 Å². The van der Waals surface area contributed by atoms with Gasteiger partial charge in [0.1, 0.15) is 11.5 Å². The minimum Gasteiger partial charge on any atom is -0.497 e. The average molecular weight is 468 g/mol. The highest BCUT2D eigenvalue weighted by Gasteiger charge is 2.40. The number of methoxy groups -OCH3 is 1. The van der Waals surface area contributed by atoms with Gasteiger partial charge in [0, 0.05) is 6.20 Å². The lowest BCUT2D eigenvalue weighted by atomic mass is 10.1. The van der Waals surface area contributed by atoms with E-state index in [-0.39, 0.29) is 16.8 Å². The molecule has 0 saturated heterocycles. The summed E-state index contributed by atoms with van der Waals surface area (Å²) in [4.78, 5) is 31.6. The molecule has 1 aliphatic heterocycles. The third-order valence-corrected chi connectivity index (χ3v) is 5.37. The van der Waals surface area contributed by atoms with Crippen molar-refractivity contribution in [2.45, 2.75) is 13.3 Å². The molecule has 0 aliphatic carbocycles. The number of alkyl halides is 3. The molecule has 5 rings (SSSR count). The Balaban J connectivity index is 1.56. The zero-order valence-corrected chi connectivity index (χ0v) is 17.8. The number of ether oxygens (including phenoxy) is 2. The van der Waals surface area contributed by atoms with E-state index in [1.54, 1.807) is 43.0 Å². The molecule has 8 nitrogen and oxygen atoms in total. The fourth-order valence-corrected chi connectivity index (χ4v) is 3.90. The smallest absolute Gasteiger partial charge is 0.497 e. The number of halogens is 3. The first-order chi connectivity index (χ1) is 16.2. The summed E-state index contributed by atoms with van der Waals surface area (Å²) >= 11 is 0. The molecule has 0 saturated carbocycles. The van der Waals surface area contributed by atoms with Crippen LogP contribution < -0.4 is 14.4 Å². The van der Waals surface area contributed by atoms with Gasteiger partial charge >= 0.3 is 6.36 Å². The Bertz CT molecular complexity index is 1440. The number of hydrogen-bond donors (Lipinski definition) is 0. The second kappa shape index (κ2) is 7.58. The van der Waals surface area contributed by atoms with E-state index in [1.807, 2.05) is 0 Å². The minimum absolute atomic E-state index is 0.0884. The van der Waals surface area contributed by atoms with Gasteiger partial charge < -0.3 is 9.47 Å². The first-order valence-electron chi connectivity index (χ1n) is 9.95. The zero-order valence-electron chi connectivity index (χ0n) is 17.8. The zero-order chi connectivity index (χ0) is 24.2. The molecule has 11 heteroatoms. The van der Waals surface area contributed by atoms with Crippen molar-refractivity contribution in [3.63, 3.8) is 0 Å². The average Bonchev–Trinajstić information content (AvgIpc) is 3.27. The highest BCUT2D eigenvalue weighted by Crippen LogP contribution is 2.35. The number of nitrogens with zero attached hydrogens (tertiary/aromatic N) is 4. The van der Waals surface area contributed by atoms with Crippen LogP contribution in [0, 0.1) is 6.92 Å². The largest absolute Gasteiger partial charge is 0.573 e. The topological polar surface area (TPSA) is 86.6 Å². The number of imide groups is 1. The molecule has 0 fully saturated rings. The number of pyridine rings is 1. The molecule has 0 radical (unpaired) electrons. The van der Waals surface area contributed by atoms with E-state index in [9.17, 15) is 22.8 Å². The second-order valence-corrected chi connectivity index (χ2v) is 7.43. The standard InChI is InChI=1S/C23H15F3N4O4/c1-12-18-19-17(11-27-20(18)30(28-12)14-5-7-15(33-2)8-6-14)21(31)29(22(19)32)13-3-9-16(10-4-13)34-23(24,25)26/h3-11H,1-2H3. The number of benzene rings is 2. The molecule has 0 spiro atoms. The summed E-state index contributed by atoms with van der Waals surface area (Å²) in [7, 11) is 1.55. The second-order valence-electron chi connectivity index (χ2n) is 7.43. The highest BCUT2D eigenvalue weighted by atomic mass is 19.4. The van der Waals surface area contributed by atoms with Gasteiger partial charge in [-0.1, -0.05) is 0 Å². The summed E-state index contributed by atoms with van der Waals surface area (Å²) in [5.41, 5.74) is 1.90. The van der Waals surface area contributed by atoms with Crippen LogP contribution in [0.15, 0.2) is 54.7 Å². The summed E-state index contributed by atoms with van der Waals surface area (Å²) in [6.45, 7) is 1.70. The van der Waals surface area contributed by atoms with E-state index in [4.69, 9.17) is 4.74 Å². The van der Waals surface area contributed by atoms with Crippen LogP contribution in [0.2, 0.25) is 0 Å². The molecule has 4 aromatic rings. The van der Waals surface area contributed by atoms with Gasteiger partial charge in [0.05, 0.1) is 40.7 Å². The normalized spacial score (nSPS) is 13.5. The molecular weight excluding hydrogens is 453 g/mol. The minimum atomic E-state index is -4.85. The molecule has 172 valence electrons. The number of rotatable bonds is 4. The van der Waals surface area contributed by atoms with Crippen LogP contribution in [-0.4, -0.2) is 40.1 Å². The van der Waals surface area contributed by atoms with Crippen LogP contribution in [-0.2, 0) is 0 Å².